The maximum atomic E-state index is 11.2. The Labute approximate surface area is 75.5 Å². The van der Waals surface area contributed by atoms with Gasteiger partial charge in [0.05, 0.1) is 5.56 Å². The van der Waals surface area contributed by atoms with Crippen LogP contribution in [-0.2, 0) is 7.05 Å². The Morgan fingerprint density at radius 3 is 2.85 bits per heavy atom. The van der Waals surface area contributed by atoms with E-state index in [1.54, 1.807) is 13.1 Å². The highest BCUT2D eigenvalue weighted by atomic mass is 16.2. The largest absolute Gasteiger partial charge is 0.328 e. The Morgan fingerprint density at radius 2 is 2.23 bits per heavy atom. The molecule has 1 N–H and O–H groups in total. The molecule has 0 aliphatic rings. The average molecular weight is 180 g/mol. The molecule has 1 rings (SSSR count). The fourth-order valence-corrected chi connectivity index (χ4v) is 0.947. The summed E-state index contributed by atoms with van der Waals surface area (Å²) in [5.74, 6) is 0. The van der Waals surface area contributed by atoms with Crippen molar-refractivity contribution in [2.75, 3.05) is 0 Å². The van der Waals surface area contributed by atoms with Crippen LogP contribution in [0.2, 0.25) is 0 Å². The van der Waals surface area contributed by atoms with Gasteiger partial charge in [-0.15, -0.1) is 0 Å². The van der Waals surface area contributed by atoms with Crippen LogP contribution in [-0.4, -0.2) is 9.55 Å². The molecule has 0 amide bonds. The summed E-state index contributed by atoms with van der Waals surface area (Å²) in [7, 11) is 1.60. The summed E-state index contributed by atoms with van der Waals surface area (Å²) in [6, 6.07) is 0. The highest BCUT2D eigenvalue weighted by Crippen LogP contribution is 1.92. The predicted octanol–water partition coefficient (Wildman–Crippen LogP) is 0.497. The average Bonchev–Trinajstić information content (AvgIpc) is 2.09. The van der Waals surface area contributed by atoms with E-state index in [9.17, 15) is 9.59 Å². The lowest BCUT2D eigenvalue weighted by molar-refractivity contribution is 0.796. The van der Waals surface area contributed by atoms with Crippen LogP contribution < -0.4 is 11.2 Å². The third-order valence-corrected chi connectivity index (χ3v) is 1.67. The normalized spacial score (nSPS) is 10.9. The number of aryl methyl sites for hydroxylation is 1. The zero-order valence-corrected chi connectivity index (χ0v) is 7.70. The fraction of sp³-hybridized carbons (Fsp3) is 0.333. The van der Waals surface area contributed by atoms with Crippen molar-refractivity contribution < 1.29 is 0 Å². The van der Waals surface area contributed by atoms with Crippen molar-refractivity contribution >= 4 is 6.08 Å². The number of nitrogens with one attached hydrogen (secondary N) is 1. The van der Waals surface area contributed by atoms with Crippen LogP contribution in [0, 0.1) is 0 Å². The highest BCUT2D eigenvalue weighted by molar-refractivity contribution is 5.45. The molecule has 0 aliphatic heterocycles. The Kier molecular flexibility index (Phi) is 2.84. The minimum absolute atomic E-state index is 0.340. The number of aromatic nitrogens is 2. The molecule has 0 atom stereocenters. The maximum Gasteiger partial charge on any atom is 0.328 e. The van der Waals surface area contributed by atoms with Gasteiger partial charge in [-0.1, -0.05) is 19.1 Å². The molecule has 0 fully saturated rings. The lowest BCUT2D eigenvalue weighted by Crippen LogP contribution is -2.28. The standard InChI is InChI=1S/C9H12N2O2/c1-3-4-5-7-6-11(2)9(13)10-8(7)12/h4-6H,3H2,1-2H3,(H,10,12,13). The molecule has 0 saturated heterocycles. The molecule has 0 unspecified atom stereocenters. The molecule has 0 bridgehead atoms. The third-order valence-electron chi connectivity index (χ3n) is 1.67. The van der Waals surface area contributed by atoms with Crippen molar-refractivity contribution in [3.05, 3.63) is 38.7 Å². The second-order valence-corrected chi connectivity index (χ2v) is 2.77. The van der Waals surface area contributed by atoms with E-state index in [0.29, 0.717) is 5.56 Å². The molecule has 13 heavy (non-hydrogen) atoms. The maximum absolute atomic E-state index is 11.2. The number of aromatic amines is 1. The molecule has 1 aromatic heterocycles. The van der Waals surface area contributed by atoms with Crippen LogP contribution in [0.15, 0.2) is 21.9 Å². The summed E-state index contributed by atoms with van der Waals surface area (Å²) >= 11 is 0. The first-order valence-corrected chi connectivity index (χ1v) is 4.11. The lowest BCUT2D eigenvalue weighted by Gasteiger charge is -1.96. The second-order valence-electron chi connectivity index (χ2n) is 2.77. The number of hydrogen-bond acceptors (Lipinski definition) is 2. The molecule has 0 aliphatic carbocycles. The van der Waals surface area contributed by atoms with E-state index in [1.807, 2.05) is 13.0 Å². The highest BCUT2D eigenvalue weighted by Gasteiger charge is 1.97. The van der Waals surface area contributed by atoms with E-state index in [1.165, 1.54) is 10.8 Å². The van der Waals surface area contributed by atoms with E-state index < -0.39 is 5.69 Å². The number of hydrogen-bond donors (Lipinski definition) is 1. The summed E-state index contributed by atoms with van der Waals surface area (Å²) in [6.45, 7) is 1.98. The molecule has 1 aromatic rings. The minimum atomic E-state index is -0.390. The van der Waals surface area contributed by atoms with Gasteiger partial charge in [0.15, 0.2) is 0 Å². The molecule has 1 heterocycles. The molecule has 0 spiro atoms. The van der Waals surface area contributed by atoms with Gasteiger partial charge in [0.2, 0.25) is 0 Å². The zero-order valence-electron chi connectivity index (χ0n) is 7.70. The topological polar surface area (TPSA) is 54.9 Å². The Morgan fingerprint density at radius 1 is 1.54 bits per heavy atom. The minimum Gasteiger partial charge on any atom is -0.303 e. The van der Waals surface area contributed by atoms with E-state index >= 15 is 0 Å². The van der Waals surface area contributed by atoms with Crippen LogP contribution >= 0.6 is 0 Å². The van der Waals surface area contributed by atoms with Crippen LogP contribution in [0.5, 0.6) is 0 Å². The smallest absolute Gasteiger partial charge is 0.303 e. The predicted molar refractivity (Wildman–Crippen MR) is 51.6 cm³/mol. The van der Waals surface area contributed by atoms with E-state index in [-0.39, 0.29) is 5.56 Å². The summed E-state index contributed by atoms with van der Waals surface area (Å²) in [5.41, 5.74) is -0.226. The molecule has 4 nitrogen and oxygen atoms in total. The fourth-order valence-electron chi connectivity index (χ4n) is 0.947. The van der Waals surface area contributed by atoms with Gasteiger partial charge in [0.1, 0.15) is 0 Å². The molecule has 70 valence electrons. The Hall–Kier alpha value is -1.58. The van der Waals surface area contributed by atoms with Gasteiger partial charge >= 0.3 is 5.69 Å². The summed E-state index contributed by atoms with van der Waals surface area (Å²) < 4.78 is 1.34. The summed E-state index contributed by atoms with van der Waals surface area (Å²) in [4.78, 5) is 24.3. The SMILES string of the molecule is CCC=Cc1cn(C)c(=O)[nH]c1=O. The van der Waals surface area contributed by atoms with Gasteiger partial charge in [-0.2, -0.15) is 0 Å². The van der Waals surface area contributed by atoms with Crippen molar-refractivity contribution in [3.8, 4) is 0 Å². The zero-order chi connectivity index (χ0) is 9.84. The quantitative estimate of drug-likeness (QED) is 0.720. The van der Waals surface area contributed by atoms with Crippen LogP contribution in [0.4, 0.5) is 0 Å². The van der Waals surface area contributed by atoms with Gasteiger partial charge in [-0.3, -0.25) is 9.78 Å². The molecule has 0 saturated carbocycles. The van der Waals surface area contributed by atoms with Crippen LogP contribution in [0.25, 0.3) is 6.08 Å². The van der Waals surface area contributed by atoms with Crippen molar-refractivity contribution in [2.24, 2.45) is 7.05 Å². The molecular formula is C9H12N2O2. The van der Waals surface area contributed by atoms with E-state index in [2.05, 4.69) is 4.98 Å². The second kappa shape index (κ2) is 3.89. The number of H-pyrrole nitrogens is 1. The molecular weight excluding hydrogens is 168 g/mol. The third kappa shape index (κ3) is 2.18. The lowest BCUT2D eigenvalue weighted by atomic mass is 10.3. The Bertz CT molecular complexity index is 426. The van der Waals surface area contributed by atoms with Crippen molar-refractivity contribution in [1.29, 1.82) is 0 Å². The Balaban J connectivity index is 3.24. The van der Waals surface area contributed by atoms with Crippen molar-refractivity contribution in [2.45, 2.75) is 13.3 Å². The van der Waals surface area contributed by atoms with E-state index in [0.717, 1.165) is 6.42 Å². The first kappa shape index (κ1) is 9.51. The van der Waals surface area contributed by atoms with Gasteiger partial charge in [0.25, 0.3) is 5.56 Å². The van der Waals surface area contributed by atoms with Crippen molar-refractivity contribution in [1.82, 2.24) is 9.55 Å². The number of allylic oxidation sites excluding steroid dienone is 1. The van der Waals surface area contributed by atoms with Gasteiger partial charge in [0, 0.05) is 13.2 Å². The van der Waals surface area contributed by atoms with Gasteiger partial charge in [-0.05, 0) is 6.42 Å². The first-order valence-electron chi connectivity index (χ1n) is 4.11. The van der Waals surface area contributed by atoms with Crippen LogP contribution in [0.3, 0.4) is 0 Å². The first-order chi connectivity index (χ1) is 6.15. The number of rotatable bonds is 2. The molecule has 0 radical (unpaired) electrons. The van der Waals surface area contributed by atoms with Gasteiger partial charge in [-0.25, -0.2) is 4.79 Å². The van der Waals surface area contributed by atoms with Crippen LogP contribution in [0.1, 0.15) is 18.9 Å². The monoisotopic (exact) mass is 180 g/mol. The van der Waals surface area contributed by atoms with Gasteiger partial charge < -0.3 is 4.57 Å². The van der Waals surface area contributed by atoms with E-state index in [4.69, 9.17) is 0 Å². The molecule has 0 aromatic carbocycles. The summed E-state index contributed by atoms with van der Waals surface area (Å²) in [6.07, 6.45) is 5.96. The number of nitrogens with zero attached hydrogens (tertiary/aromatic N) is 1. The summed E-state index contributed by atoms with van der Waals surface area (Å²) in [5, 5.41) is 0. The van der Waals surface area contributed by atoms with Crippen molar-refractivity contribution in [3.63, 3.8) is 0 Å². The molecule has 4 heteroatoms.